The number of thiocarbonyl (C=S) groups is 1. The first-order valence-corrected chi connectivity index (χ1v) is 12.8. The van der Waals surface area contributed by atoms with Crippen molar-refractivity contribution < 1.29 is 27.5 Å². The zero-order valence-electron chi connectivity index (χ0n) is 22.5. The Bertz CT molecular complexity index is 1670. The zero-order chi connectivity index (χ0) is 30.3. The Morgan fingerprint density at radius 2 is 1.95 bits per heavy atom. The minimum atomic E-state index is -3.49. The Labute approximate surface area is 239 Å². The van der Waals surface area contributed by atoms with E-state index in [1.165, 1.54) is 30.0 Å². The van der Waals surface area contributed by atoms with Crippen LogP contribution in [0.25, 0.3) is 10.9 Å². The van der Waals surface area contributed by atoms with Gasteiger partial charge in [-0.2, -0.15) is 19.0 Å². The van der Waals surface area contributed by atoms with Crippen LogP contribution in [-0.4, -0.2) is 39.0 Å². The fraction of sp³-hybridized carbons (Fsp3) is 0.286. The molecule has 212 valence electrons. The number of ether oxygens (including phenoxy) is 1. The van der Waals surface area contributed by atoms with Crippen LogP contribution in [0.1, 0.15) is 44.6 Å². The molecule has 1 aliphatic heterocycles. The van der Waals surface area contributed by atoms with Crippen molar-refractivity contribution in [1.29, 1.82) is 5.26 Å². The topological polar surface area (TPSA) is 125 Å². The van der Waals surface area contributed by atoms with Gasteiger partial charge in [0.25, 0.3) is 17.7 Å². The molecule has 0 atom stereocenters. The lowest BCUT2D eigenvalue weighted by molar-refractivity contribution is -0.121. The molecule has 2 N–H and O–H groups in total. The van der Waals surface area contributed by atoms with E-state index < -0.39 is 41.3 Å². The molecule has 41 heavy (non-hydrogen) atoms. The highest BCUT2D eigenvalue weighted by molar-refractivity contribution is 7.81. The molecule has 0 aliphatic carbocycles. The summed E-state index contributed by atoms with van der Waals surface area (Å²) in [5, 5.41) is 9.41. The number of aryl methyl sites for hydroxylation is 1. The second-order valence-electron chi connectivity index (χ2n) is 9.66. The van der Waals surface area contributed by atoms with Gasteiger partial charge >= 0.3 is 0 Å². The Kier molecular flexibility index (Phi) is 7.73. The summed E-state index contributed by atoms with van der Waals surface area (Å²) in [7, 11) is 0. The number of rotatable bonds is 8. The number of carbonyl (C=O) groups excluding carboxylic acids is 2. The molecule has 1 saturated heterocycles. The average molecular weight is 583 g/mol. The van der Waals surface area contributed by atoms with E-state index in [0.717, 1.165) is 23.1 Å². The molecule has 2 amide bonds. The molecular formula is C28H25F3N6O3S. The lowest BCUT2D eigenvalue weighted by Gasteiger charge is -2.29. The summed E-state index contributed by atoms with van der Waals surface area (Å²) in [6, 6.07) is 7.92. The SMILES string of the molecule is C/C=C/C(F)(F)c1cc(N2C(=O)C(C)(C)N(c3cc(F)c4nc(CC)nc(OCC(N)=O)c4c3)C2=S)ccc1C#N. The number of alkyl halides is 2. The van der Waals surface area contributed by atoms with Gasteiger partial charge in [0.1, 0.15) is 16.9 Å². The van der Waals surface area contributed by atoms with Gasteiger partial charge in [-0.15, -0.1) is 0 Å². The smallest absolute Gasteiger partial charge is 0.293 e. The fourth-order valence-corrected chi connectivity index (χ4v) is 5.05. The molecule has 1 aromatic heterocycles. The van der Waals surface area contributed by atoms with E-state index in [9.17, 15) is 23.6 Å². The molecule has 2 aromatic carbocycles. The molecule has 1 aliphatic rings. The number of carbonyl (C=O) groups is 2. The largest absolute Gasteiger partial charge is 0.467 e. The molecule has 1 fully saturated rings. The van der Waals surface area contributed by atoms with E-state index in [1.807, 2.05) is 0 Å². The van der Waals surface area contributed by atoms with Crippen molar-refractivity contribution >= 4 is 51.4 Å². The third kappa shape index (κ3) is 5.18. The van der Waals surface area contributed by atoms with E-state index in [0.29, 0.717) is 12.5 Å². The first kappa shape index (κ1) is 29.4. The predicted molar refractivity (Wildman–Crippen MR) is 150 cm³/mol. The zero-order valence-corrected chi connectivity index (χ0v) is 23.4. The molecular weight excluding hydrogens is 557 g/mol. The van der Waals surface area contributed by atoms with Gasteiger partial charge in [-0.05, 0) is 69.4 Å². The number of nitriles is 1. The summed E-state index contributed by atoms with van der Waals surface area (Å²) >= 11 is 5.64. The van der Waals surface area contributed by atoms with Gasteiger partial charge in [0, 0.05) is 17.7 Å². The average Bonchev–Trinajstić information content (AvgIpc) is 3.09. The number of fused-ring (bicyclic) bond motifs is 1. The summed E-state index contributed by atoms with van der Waals surface area (Å²) in [6.45, 7) is 5.76. The first-order valence-electron chi connectivity index (χ1n) is 12.4. The summed E-state index contributed by atoms with van der Waals surface area (Å²) in [5.74, 6) is -5.41. The highest BCUT2D eigenvalue weighted by Gasteiger charge is 2.51. The monoisotopic (exact) mass is 582 g/mol. The van der Waals surface area contributed by atoms with E-state index in [2.05, 4.69) is 9.97 Å². The van der Waals surface area contributed by atoms with Gasteiger partial charge < -0.3 is 15.4 Å². The second-order valence-corrected chi connectivity index (χ2v) is 10.0. The van der Waals surface area contributed by atoms with Crippen molar-refractivity contribution in [2.45, 2.75) is 45.6 Å². The number of allylic oxidation sites excluding steroid dienone is 2. The number of hydrogen-bond donors (Lipinski definition) is 1. The van der Waals surface area contributed by atoms with E-state index in [1.54, 1.807) is 26.8 Å². The summed E-state index contributed by atoms with van der Waals surface area (Å²) in [5.41, 5.74) is 3.02. The maximum atomic E-state index is 15.5. The summed E-state index contributed by atoms with van der Waals surface area (Å²) < 4.78 is 50.7. The quantitative estimate of drug-likeness (QED) is 0.301. The van der Waals surface area contributed by atoms with Crippen LogP contribution in [-0.2, 0) is 21.9 Å². The van der Waals surface area contributed by atoms with Gasteiger partial charge in [0.15, 0.2) is 17.5 Å². The Hall–Kier alpha value is -4.57. The molecule has 2 heterocycles. The van der Waals surface area contributed by atoms with E-state index in [4.69, 9.17) is 22.7 Å². The number of halogens is 3. The lowest BCUT2D eigenvalue weighted by atomic mass is 9.99. The third-order valence-corrected chi connectivity index (χ3v) is 6.83. The number of amides is 2. The third-order valence-electron chi connectivity index (χ3n) is 6.46. The molecule has 0 unspecified atom stereocenters. The Morgan fingerprint density at radius 1 is 1.24 bits per heavy atom. The van der Waals surface area contributed by atoms with E-state index >= 15 is 4.39 Å². The Balaban J connectivity index is 1.86. The predicted octanol–water partition coefficient (Wildman–Crippen LogP) is 4.65. The summed E-state index contributed by atoms with van der Waals surface area (Å²) in [6.07, 6.45) is 2.17. The number of nitrogens with two attached hydrogens (primary N) is 1. The molecule has 3 aromatic rings. The highest BCUT2D eigenvalue weighted by Crippen LogP contribution is 2.41. The van der Waals surface area contributed by atoms with Crippen LogP contribution in [0.15, 0.2) is 42.5 Å². The minimum absolute atomic E-state index is 0.0106. The van der Waals surface area contributed by atoms with Crippen LogP contribution in [0.4, 0.5) is 24.5 Å². The second kappa shape index (κ2) is 10.8. The number of primary amides is 1. The van der Waals surface area contributed by atoms with Crippen molar-refractivity contribution in [3.63, 3.8) is 0 Å². The van der Waals surface area contributed by atoms with Crippen molar-refractivity contribution in [3.05, 3.63) is 65.3 Å². The van der Waals surface area contributed by atoms with Gasteiger partial charge in [-0.25, -0.2) is 9.37 Å². The van der Waals surface area contributed by atoms with Gasteiger partial charge in [0.05, 0.1) is 22.7 Å². The van der Waals surface area contributed by atoms with Crippen molar-refractivity contribution in [1.82, 2.24) is 9.97 Å². The molecule has 9 nitrogen and oxygen atoms in total. The van der Waals surface area contributed by atoms with Crippen molar-refractivity contribution in [3.8, 4) is 11.9 Å². The normalized spacial score (nSPS) is 15.2. The van der Waals surface area contributed by atoms with Gasteiger partial charge in [-0.3, -0.25) is 14.5 Å². The molecule has 0 spiro atoms. The van der Waals surface area contributed by atoms with Crippen LogP contribution >= 0.6 is 12.2 Å². The number of nitrogens with zero attached hydrogens (tertiary/aromatic N) is 5. The van der Waals surface area contributed by atoms with Gasteiger partial charge in [0.2, 0.25) is 5.88 Å². The van der Waals surface area contributed by atoms with Crippen molar-refractivity contribution in [2.75, 3.05) is 16.4 Å². The Morgan fingerprint density at radius 3 is 2.56 bits per heavy atom. The fourth-order valence-electron chi connectivity index (χ4n) is 4.53. The molecule has 4 rings (SSSR count). The number of hydrogen-bond acceptors (Lipinski definition) is 7. The number of anilines is 2. The highest BCUT2D eigenvalue weighted by atomic mass is 32.1. The maximum Gasteiger partial charge on any atom is 0.293 e. The molecule has 0 radical (unpaired) electrons. The first-order chi connectivity index (χ1) is 19.3. The number of benzene rings is 2. The molecule has 13 heteroatoms. The van der Waals surface area contributed by atoms with Crippen LogP contribution < -0.4 is 20.3 Å². The van der Waals surface area contributed by atoms with Crippen LogP contribution in [0.2, 0.25) is 0 Å². The van der Waals surface area contributed by atoms with Crippen LogP contribution in [0.5, 0.6) is 5.88 Å². The van der Waals surface area contributed by atoms with E-state index in [-0.39, 0.29) is 44.7 Å². The molecule has 0 bridgehead atoms. The molecule has 0 saturated carbocycles. The minimum Gasteiger partial charge on any atom is -0.467 e. The van der Waals surface area contributed by atoms with Crippen molar-refractivity contribution in [2.24, 2.45) is 5.73 Å². The maximum absolute atomic E-state index is 15.5. The van der Waals surface area contributed by atoms with Gasteiger partial charge in [-0.1, -0.05) is 13.0 Å². The van der Waals surface area contributed by atoms with Crippen LogP contribution in [0.3, 0.4) is 0 Å². The lowest BCUT2D eigenvalue weighted by Crippen LogP contribution is -2.44. The number of aromatic nitrogens is 2. The van der Waals surface area contributed by atoms with Crippen LogP contribution in [0, 0.1) is 17.1 Å². The standard InChI is InChI=1S/C28H25F3N6O3S/c1-5-9-28(30,31)19-11-16(8-7-15(19)13-32)36-25(39)27(3,4)37(26(36)41)17-10-18-23(20(29)12-17)34-22(6-2)35-24(18)40-14-21(33)38/h5,7-12H,6,14H2,1-4H3,(H2,33,38)/b9-5+. The summed E-state index contributed by atoms with van der Waals surface area (Å²) in [4.78, 5) is 36.0.